The second-order valence-electron chi connectivity index (χ2n) is 8.22. The summed E-state index contributed by atoms with van der Waals surface area (Å²) in [6, 6.07) is 15.0. The molecule has 0 spiro atoms. The lowest BCUT2D eigenvalue weighted by molar-refractivity contribution is -0.137. The Kier molecular flexibility index (Phi) is 8.43. The Bertz CT molecular complexity index is 1040. The van der Waals surface area contributed by atoms with Crippen molar-refractivity contribution in [2.24, 2.45) is 5.92 Å². The Morgan fingerprint density at radius 2 is 1.82 bits per heavy atom. The Morgan fingerprint density at radius 3 is 2.52 bits per heavy atom. The number of hydrogen-bond donors (Lipinski definition) is 1. The van der Waals surface area contributed by atoms with Gasteiger partial charge in [0.25, 0.3) is 0 Å². The van der Waals surface area contributed by atoms with Crippen LogP contribution in [-0.2, 0) is 23.9 Å². The average molecular weight is 477 g/mol. The average Bonchev–Trinajstić information content (AvgIpc) is 3.23. The molecule has 5 nitrogen and oxygen atoms in total. The number of nitrogens with one attached hydrogen (secondary N) is 1. The minimum Gasteiger partial charge on any atom is -0.352 e. The predicted molar refractivity (Wildman–Crippen MR) is 124 cm³/mol. The first-order chi connectivity index (χ1) is 15.7. The molecular formula is C24H27F3N4OS. The number of alkyl halides is 3. The van der Waals surface area contributed by atoms with Crippen molar-refractivity contribution in [2.75, 3.05) is 18.0 Å². The van der Waals surface area contributed by atoms with Crippen LogP contribution in [0.15, 0.2) is 54.6 Å². The number of benzene rings is 2. The van der Waals surface area contributed by atoms with Gasteiger partial charge in [-0.15, -0.1) is 0 Å². The van der Waals surface area contributed by atoms with Crippen molar-refractivity contribution in [2.45, 2.75) is 39.4 Å². The zero-order valence-electron chi connectivity index (χ0n) is 18.6. The van der Waals surface area contributed by atoms with Gasteiger partial charge in [0.1, 0.15) is 5.82 Å². The summed E-state index contributed by atoms with van der Waals surface area (Å²) in [5.41, 5.74) is 0.818. The van der Waals surface area contributed by atoms with Crippen molar-refractivity contribution < 1.29 is 18.0 Å². The monoisotopic (exact) mass is 476 g/mol. The molecule has 33 heavy (non-hydrogen) atoms. The van der Waals surface area contributed by atoms with E-state index in [-0.39, 0.29) is 18.9 Å². The highest BCUT2D eigenvalue weighted by molar-refractivity contribution is 7.09. The number of halogens is 3. The topological polar surface area (TPSA) is 58.1 Å². The second kappa shape index (κ2) is 11.3. The molecule has 1 aromatic heterocycles. The molecule has 1 amide bonds. The normalized spacial score (nSPS) is 11.6. The zero-order chi connectivity index (χ0) is 23.8. The lowest BCUT2D eigenvalue weighted by Crippen LogP contribution is -2.33. The molecule has 0 aliphatic carbocycles. The van der Waals surface area contributed by atoms with Crippen molar-refractivity contribution >= 4 is 22.6 Å². The molecule has 1 heterocycles. The van der Waals surface area contributed by atoms with Gasteiger partial charge in [-0.2, -0.15) is 17.5 Å². The fraction of sp³-hybridized carbons (Fsp3) is 0.375. The maximum atomic E-state index is 12.9. The fourth-order valence-corrected chi connectivity index (χ4v) is 4.03. The van der Waals surface area contributed by atoms with Crippen molar-refractivity contribution in [1.29, 1.82) is 0 Å². The van der Waals surface area contributed by atoms with E-state index in [1.165, 1.54) is 17.6 Å². The van der Waals surface area contributed by atoms with Gasteiger partial charge in [0.2, 0.25) is 11.0 Å². The molecule has 176 valence electrons. The lowest BCUT2D eigenvalue weighted by Gasteiger charge is -2.23. The van der Waals surface area contributed by atoms with Crippen LogP contribution in [0.5, 0.6) is 0 Å². The molecule has 2 aromatic carbocycles. The number of anilines is 1. The van der Waals surface area contributed by atoms with Crippen LogP contribution in [0.2, 0.25) is 0 Å². The van der Waals surface area contributed by atoms with Crippen LogP contribution in [-0.4, -0.2) is 28.4 Å². The predicted octanol–water partition coefficient (Wildman–Crippen LogP) is 5.32. The summed E-state index contributed by atoms with van der Waals surface area (Å²) in [4.78, 5) is 19.1. The summed E-state index contributed by atoms with van der Waals surface area (Å²) in [5, 5.41) is 3.47. The first-order valence-electron chi connectivity index (χ1n) is 10.7. The minimum atomic E-state index is -4.40. The molecule has 0 atom stereocenters. The van der Waals surface area contributed by atoms with Gasteiger partial charge >= 0.3 is 6.18 Å². The van der Waals surface area contributed by atoms with Gasteiger partial charge in [-0.3, -0.25) is 4.79 Å². The molecule has 0 unspecified atom stereocenters. The molecule has 0 saturated carbocycles. The SMILES string of the molecule is CC(C)CN(CCC(=O)NCc1cccc(C(F)(F)F)c1)c1nc(Cc2ccccc2)ns1. The molecule has 9 heteroatoms. The molecular weight excluding hydrogens is 449 g/mol. The summed E-state index contributed by atoms with van der Waals surface area (Å²) >= 11 is 1.31. The summed E-state index contributed by atoms with van der Waals surface area (Å²) in [6.07, 6.45) is -3.55. The second-order valence-corrected chi connectivity index (χ2v) is 8.95. The standard InChI is InChI=1S/C24H27F3N4OS/c1-17(2)16-31(23-29-21(30-33-23)14-18-7-4-3-5-8-18)12-11-22(32)28-15-19-9-6-10-20(13-19)24(25,26)27/h3-10,13,17H,11-12,14-16H2,1-2H3,(H,28,32). The Labute approximate surface area is 195 Å². The smallest absolute Gasteiger partial charge is 0.352 e. The maximum Gasteiger partial charge on any atom is 0.416 e. The first kappa shape index (κ1) is 24.7. The number of amides is 1. The lowest BCUT2D eigenvalue weighted by atomic mass is 10.1. The van der Waals surface area contributed by atoms with Gasteiger partial charge in [-0.1, -0.05) is 56.3 Å². The van der Waals surface area contributed by atoms with Crippen LogP contribution in [0.25, 0.3) is 0 Å². The number of rotatable bonds is 10. The number of hydrogen-bond acceptors (Lipinski definition) is 5. The molecule has 0 aliphatic rings. The van der Waals surface area contributed by atoms with Crippen molar-refractivity contribution in [3.8, 4) is 0 Å². The Balaban J connectivity index is 1.56. The largest absolute Gasteiger partial charge is 0.416 e. The Hall–Kier alpha value is -2.94. The van der Waals surface area contributed by atoms with Crippen LogP contribution in [0.3, 0.4) is 0 Å². The third kappa shape index (κ3) is 7.85. The van der Waals surface area contributed by atoms with E-state index in [1.807, 2.05) is 35.2 Å². The van der Waals surface area contributed by atoms with Crippen molar-refractivity contribution in [3.05, 3.63) is 77.1 Å². The van der Waals surface area contributed by atoms with Gasteiger partial charge in [0, 0.05) is 44.0 Å². The van der Waals surface area contributed by atoms with E-state index >= 15 is 0 Å². The van der Waals surface area contributed by atoms with Crippen LogP contribution >= 0.6 is 11.5 Å². The molecule has 0 aliphatic heterocycles. The molecule has 0 bridgehead atoms. The van der Waals surface area contributed by atoms with E-state index in [1.54, 1.807) is 6.07 Å². The highest BCUT2D eigenvalue weighted by Gasteiger charge is 2.30. The highest BCUT2D eigenvalue weighted by Crippen LogP contribution is 2.29. The molecule has 0 fully saturated rings. The fourth-order valence-electron chi connectivity index (χ4n) is 3.31. The van der Waals surface area contributed by atoms with E-state index in [0.29, 0.717) is 24.4 Å². The highest BCUT2D eigenvalue weighted by atomic mass is 32.1. The third-order valence-corrected chi connectivity index (χ3v) is 5.69. The van der Waals surface area contributed by atoms with Gasteiger partial charge in [-0.05, 0) is 29.2 Å². The first-order valence-corrected chi connectivity index (χ1v) is 11.5. The van der Waals surface area contributed by atoms with Crippen LogP contribution < -0.4 is 10.2 Å². The minimum absolute atomic E-state index is 0.0486. The summed E-state index contributed by atoms with van der Waals surface area (Å²) in [5.74, 6) is 0.874. The van der Waals surface area contributed by atoms with Gasteiger partial charge < -0.3 is 10.2 Å². The van der Waals surface area contributed by atoms with Gasteiger partial charge in [0.15, 0.2) is 0 Å². The van der Waals surface area contributed by atoms with E-state index in [9.17, 15) is 18.0 Å². The van der Waals surface area contributed by atoms with E-state index in [0.717, 1.165) is 35.2 Å². The van der Waals surface area contributed by atoms with Crippen molar-refractivity contribution in [3.63, 3.8) is 0 Å². The van der Waals surface area contributed by atoms with Gasteiger partial charge in [0.05, 0.1) is 5.56 Å². The van der Waals surface area contributed by atoms with Crippen LogP contribution in [0, 0.1) is 5.92 Å². The number of aromatic nitrogens is 2. The quantitative estimate of drug-likeness (QED) is 0.431. The molecule has 3 rings (SSSR count). The zero-order valence-corrected chi connectivity index (χ0v) is 19.4. The van der Waals surface area contributed by atoms with Crippen LogP contribution in [0.1, 0.15) is 42.8 Å². The van der Waals surface area contributed by atoms with E-state index in [4.69, 9.17) is 0 Å². The third-order valence-electron chi connectivity index (χ3n) is 4.87. The molecule has 0 saturated heterocycles. The summed E-state index contributed by atoms with van der Waals surface area (Å²) < 4.78 is 43.1. The van der Waals surface area contributed by atoms with Gasteiger partial charge in [-0.25, -0.2) is 4.98 Å². The van der Waals surface area contributed by atoms with Crippen LogP contribution in [0.4, 0.5) is 18.3 Å². The van der Waals surface area contributed by atoms with E-state index < -0.39 is 11.7 Å². The number of carbonyl (C=O) groups is 1. The molecule has 0 radical (unpaired) electrons. The van der Waals surface area contributed by atoms with Crippen molar-refractivity contribution in [1.82, 2.24) is 14.7 Å². The summed E-state index contributed by atoms with van der Waals surface area (Å²) in [6.45, 7) is 5.40. The number of carbonyl (C=O) groups excluding carboxylic acids is 1. The molecule has 1 N–H and O–H groups in total. The Morgan fingerprint density at radius 1 is 1.09 bits per heavy atom. The van der Waals surface area contributed by atoms with E-state index in [2.05, 4.69) is 28.5 Å². The summed E-state index contributed by atoms with van der Waals surface area (Å²) in [7, 11) is 0. The maximum absolute atomic E-state index is 12.9. The number of nitrogens with zero attached hydrogens (tertiary/aromatic N) is 3. The molecule has 3 aromatic rings.